The molecule has 0 spiro atoms. The van der Waals surface area contributed by atoms with Gasteiger partial charge in [-0.2, -0.15) is 0 Å². The first-order valence-corrected chi connectivity index (χ1v) is 12.6. The lowest BCUT2D eigenvalue weighted by molar-refractivity contribution is -0.910. The zero-order valence-electron chi connectivity index (χ0n) is 19.0. The van der Waals surface area contributed by atoms with Crippen LogP contribution in [-0.2, 0) is 4.57 Å². The summed E-state index contributed by atoms with van der Waals surface area (Å²) in [6, 6.07) is 0. The fraction of sp³-hybridized carbons (Fsp3) is 0.913. The third kappa shape index (κ3) is 11.4. The van der Waals surface area contributed by atoms with E-state index in [1.165, 1.54) is 70.6 Å². The van der Waals surface area contributed by atoms with Crippen molar-refractivity contribution in [2.75, 3.05) is 21.1 Å². The standard InChI is InChI=1S/C23H47NO2P/c1-6-8-9-10-11-12-13-14-15-16-17-18-19-20-21-22-23(7-2,27(25)26)24(3,4)5/h11-12H,6-10,13-22H2,1-5H3/q+1/b12-11-. The lowest BCUT2D eigenvalue weighted by atomic mass is 10.0. The minimum atomic E-state index is -2.41. The average molecular weight is 401 g/mol. The van der Waals surface area contributed by atoms with Gasteiger partial charge in [0, 0.05) is 12.8 Å². The molecule has 0 amide bonds. The largest absolute Gasteiger partial charge is 0.590 e. The molecule has 0 N–H and O–H groups in total. The molecule has 0 fully saturated rings. The number of hydrogen-bond acceptors (Lipinski definition) is 2. The quantitative estimate of drug-likeness (QED) is 0.108. The van der Waals surface area contributed by atoms with E-state index in [0.717, 1.165) is 19.3 Å². The monoisotopic (exact) mass is 400 g/mol. The summed E-state index contributed by atoms with van der Waals surface area (Å²) >= 11 is 0. The van der Waals surface area contributed by atoms with Gasteiger partial charge in [-0.3, -0.25) is 4.48 Å². The normalized spacial score (nSPS) is 15.3. The summed E-state index contributed by atoms with van der Waals surface area (Å²) in [4.78, 5) is 11.9. The highest BCUT2D eigenvalue weighted by Gasteiger charge is 2.52. The van der Waals surface area contributed by atoms with Crippen molar-refractivity contribution in [3.8, 4) is 0 Å². The van der Waals surface area contributed by atoms with Gasteiger partial charge in [0.05, 0.1) is 21.1 Å². The summed E-state index contributed by atoms with van der Waals surface area (Å²) in [6.45, 7) is 4.26. The molecule has 0 aromatic heterocycles. The fourth-order valence-electron chi connectivity index (χ4n) is 3.93. The maximum absolute atomic E-state index is 11.9. The SMILES string of the molecule is CCCCC/C=C\CCCCCCCCCCC(CC)([P+](=O)[O-])[N+](C)(C)C. The van der Waals surface area contributed by atoms with E-state index in [1.54, 1.807) is 0 Å². The molecule has 0 aliphatic carbocycles. The number of hydrogen-bond donors (Lipinski definition) is 0. The Bertz CT molecular complexity index is 404. The van der Waals surface area contributed by atoms with Crippen LogP contribution in [0.4, 0.5) is 0 Å². The Morgan fingerprint density at radius 3 is 1.63 bits per heavy atom. The van der Waals surface area contributed by atoms with Crippen molar-refractivity contribution in [1.29, 1.82) is 0 Å². The van der Waals surface area contributed by atoms with Gasteiger partial charge in [0.15, 0.2) is 0 Å². The van der Waals surface area contributed by atoms with Gasteiger partial charge in [0.1, 0.15) is 0 Å². The van der Waals surface area contributed by atoms with Crippen LogP contribution < -0.4 is 4.89 Å². The minimum absolute atomic E-state index is 0.509. The van der Waals surface area contributed by atoms with Crippen molar-refractivity contribution in [3.63, 3.8) is 0 Å². The van der Waals surface area contributed by atoms with Crippen LogP contribution >= 0.6 is 8.03 Å². The van der Waals surface area contributed by atoms with Crippen molar-refractivity contribution < 1.29 is 13.9 Å². The first kappa shape index (κ1) is 26.8. The smallest absolute Gasteiger partial charge is 0.376 e. The second kappa shape index (κ2) is 15.7. The summed E-state index contributed by atoms with van der Waals surface area (Å²) in [7, 11) is 3.61. The lowest BCUT2D eigenvalue weighted by Gasteiger charge is -2.39. The lowest BCUT2D eigenvalue weighted by Crippen LogP contribution is -2.55. The highest BCUT2D eigenvalue weighted by molar-refractivity contribution is 7.38. The molecule has 2 unspecified atom stereocenters. The number of nitrogens with zero attached hydrogens (tertiary/aromatic N) is 1. The molecule has 0 saturated heterocycles. The molecule has 0 aliphatic heterocycles. The van der Waals surface area contributed by atoms with Crippen LogP contribution in [0.2, 0.25) is 0 Å². The first-order chi connectivity index (χ1) is 12.8. The first-order valence-electron chi connectivity index (χ1n) is 11.4. The van der Waals surface area contributed by atoms with Gasteiger partial charge in [0.25, 0.3) is 5.28 Å². The molecule has 0 saturated carbocycles. The summed E-state index contributed by atoms with van der Waals surface area (Å²) in [5.74, 6) is 0. The molecular weight excluding hydrogens is 353 g/mol. The molecule has 2 atom stereocenters. The molecular formula is C23H47NO2P+. The minimum Gasteiger partial charge on any atom is -0.590 e. The van der Waals surface area contributed by atoms with Crippen molar-refractivity contribution in [3.05, 3.63) is 12.2 Å². The van der Waals surface area contributed by atoms with Crippen molar-refractivity contribution in [2.24, 2.45) is 0 Å². The van der Waals surface area contributed by atoms with E-state index in [2.05, 4.69) is 19.1 Å². The molecule has 27 heavy (non-hydrogen) atoms. The third-order valence-corrected chi connectivity index (χ3v) is 7.81. The predicted octanol–water partition coefficient (Wildman–Crippen LogP) is 6.94. The highest BCUT2D eigenvalue weighted by Crippen LogP contribution is 2.44. The molecule has 0 heterocycles. The highest BCUT2D eigenvalue weighted by atomic mass is 31.1. The van der Waals surface area contributed by atoms with Crippen LogP contribution in [0.15, 0.2) is 12.2 Å². The van der Waals surface area contributed by atoms with Gasteiger partial charge in [-0.25, -0.2) is 0 Å². The molecule has 3 nitrogen and oxygen atoms in total. The molecule has 0 aromatic carbocycles. The second-order valence-corrected chi connectivity index (χ2v) is 10.3. The summed E-state index contributed by atoms with van der Waals surface area (Å²) in [5.41, 5.74) is 0. The molecule has 0 rings (SSSR count). The summed E-state index contributed by atoms with van der Waals surface area (Å²) < 4.78 is 12.4. The van der Waals surface area contributed by atoms with Gasteiger partial charge in [-0.15, -0.1) is 0 Å². The van der Waals surface area contributed by atoms with Gasteiger partial charge in [-0.05, 0) is 32.1 Å². The van der Waals surface area contributed by atoms with E-state index in [0.29, 0.717) is 10.9 Å². The van der Waals surface area contributed by atoms with E-state index < -0.39 is 13.3 Å². The van der Waals surface area contributed by atoms with Crippen LogP contribution in [-0.4, -0.2) is 30.9 Å². The van der Waals surface area contributed by atoms with Crippen LogP contribution in [0.3, 0.4) is 0 Å². The van der Waals surface area contributed by atoms with Crippen LogP contribution in [0, 0.1) is 0 Å². The van der Waals surface area contributed by atoms with Gasteiger partial charge >= 0.3 is 8.03 Å². The third-order valence-electron chi connectivity index (χ3n) is 5.99. The maximum Gasteiger partial charge on any atom is 0.376 e. The van der Waals surface area contributed by atoms with E-state index in [4.69, 9.17) is 0 Å². The molecule has 0 radical (unpaired) electrons. The Labute approximate surface area is 171 Å². The van der Waals surface area contributed by atoms with E-state index >= 15 is 0 Å². The van der Waals surface area contributed by atoms with Crippen LogP contribution in [0.25, 0.3) is 0 Å². The van der Waals surface area contributed by atoms with Crippen molar-refractivity contribution >= 4 is 8.03 Å². The van der Waals surface area contributed by atoms with Gasteiger partial charge in [0.2, 0.25) is 0 Å². The maximum atomic E-state index is 11.9. The Hall–Kier alpha value is -0.240. The van der Waals surface area contributed by atoms with Gasteiger partial charge in [-0.1, -0.05) is 81.9 Å². The van der Waals surface area contributed by atoms with Gasteiger partial charge < -0.3 is 4.89 Å². The topological polar surface area (TPSA) is 40.1 Å². The van der Waals surface area contributed by atoms with E-state index in [1.807, 2.05) is 28.1 Å². The molecule has 0 aromatic rings. The number of quaternary nitrogens is 1. The number of allylic oxidation sites excluding steroid dienone is 2. The molecule has 0 aliphatic rings. The van der Waals surface area contributed by atoms with Crippen molar-refractivity contribution in [2.45, 2.75) is 115 Å². The van der Waals surface area contributed by atoms with E-state index in [-0.39, 0.29) is 0 Å². The van der Waals surface area contributed by atoms with Crippen LogP contribution in [0.1, 0.15) is 110 Å². The fourth-order valence-corrected chi connectivity index (χ4v) is 5.02. The molecule has 160 valence electrons. The van der Waals surface area contributed by atoms with E-state index in [9.17, 15) is 9.46 Å². The zero-order chi connectivity index (χ0) is 20.6. The summed E-state index contributed by atoms with van der Waals surface area (Å²) in [6.07, 6.45) is 22.7. The predicted molar refractivity (Wildman–Crippen MR) is 118 cm³/mol. The van der Waals surface area contributed by atoms with Crippen molar-refractivity contribution in [1.82, 2.24) is 0 Å². The average Bonchev–Trinajstić information content (AvgIpc) is 2.60. The van der Waals surface area contributed by atoms with Crippen LogP contribution in [0.5, 0.6) is 0 Å². The number of rotatable bonds is 18. The Balaban J connectivity index is 3.68. The summed E-state index contributed by atoms with van der Waals surface area (Å²) in [5, 5.41) is -0.598. The number of unbranched alkanes of at least 4 members (excludes halogenated alkanes) is 11. The Morgan fingerprint density at radius 1 is 0.778 bits per heavy atom. The Kier molecular flexibility index (Phi) is 15.5. The molecule has 0 bridgehead atoms. The second-order valence-electron chi connectivity index (χ2n) is 8.94. The molecule has 4 heteroatoms. The Morgan fingerprint density at radius 2 is 1.22 bits per heavy atom. The zero-order valence-corrected chi connectivity index (χ0v) is 19.9.